The highest BCUT2D eigenvalue weighted by Crippen LogP contribution is 2.17. The molecular formula is C19H23NO2. The Morgan fingerprint density at radius 3 is 2.09 bits per heavy atom. The number of carbonyl (C=O) groups is 1. The van der Waals surface area contributed by atoms with E-state index < -0.39 is 0 Å². The number of hydrogen-bond donors (Lipinski definition) is 1. The fraction of sp³-hybridized carbons (Fsp3) is 0.316. The summed E-state index contributed by atoms with van der Waals surface area (Å²) in [7, 11) is 0. The molecule has 2 aromatic carbocycles. The molecule has 1 amide bonds. The zero-order valence-corrected chi connectivity index (χ0v) is 13.4. The fourth-order valence-corrected chi connectivity index (χ4v) is 2.24. The Morgan fingerprint density at radius 1 is 1.00 bits per heavy atom. The summed E-state index contributed by atoms with van der Waals surface area (Å²) in [6.07, 6.45) is 0.847. The summed E-state index contributed by atoms with van der Waals surface area (Å²) >= 11 is 0. The largest absolute Gasteiger partial charge is 0.484 e. The predicted octanol–water partition coefficient (Wildman–Crippen LogP) is 3.95. The minimum absolute atomic E-state index is 0.0229. The van der Waals surface area contributed by atoms with E-state index in [1.165, 1.54) is 11.1 Å². The van der Waals surface area contributed by atoms with Crippen LogP contribution in [0.15, 0.2) is 48.5 Å². The molecule has 0 aliphatic heterocycles. The van der Waals surface area contributed by atoms with Crippen molar-refractivity contribution < 1.29 is 9.53 Å². The highest BCUT2D eigenvalue weighted by Gasteiger charge is 2.12. The van der Waals surface area contributed by atoms with E-state index >= 15 is 0 Å². The third-order valence-electron chi connectivity index (χ3n) is 3.61. The van der Waals surface area contributed by atoms with Crippen LogP contribution in [0.3, 0.4) is 0 Å². The molecule has 0 radical (unpaired) electrons. The monoisotopic (exact) mass is 297 g/mol. The molecule has 1 N–H and O–H groups in total. The second-order valence-electron chi connectivity index (χ2n) is 5.54. The van der Waals surface area contributed by atoms with Gasteiger partial charge in [0.15, 0.2) is 6.61 Å². The van der Waals surface area contributed by atoms with Gasteiger partial charge in [0.25, 0.3) is 5.91 Å². The van der Waals surface area contributed by atoms with Crippen molar-refractivity contribution in [1.29, 1.82) is 0 Å². The number of rotatable bonds is 6. The molecule has 2 rings (SSSR count). The smallest absolute Gasteiger partial charge is 0.258 e. The van der Waals surface area contributed by atoms with Gasteiger partial charge >= 0.3 is 0 Å². The average Bonchev–Trinajstić information content (AvgIpc) is 2.53. The lowest BCUT2D eigenvalue weighted by Gasteiger charge is -2.18. The minimum atomic E-state index is -0.104. The molecule has 0 saturated carbocycles. The van der Waals surface area contributed by atoms with Gasteiger partial charge in [0.1, 0.15) is 5.75 Å². The first-order chi connectivity index (χ1) is 10.6. The van der Waals surface area contributed by atoms with Crippen molar-refractivity contribution in [1.82, 2.24) is 5.32 Å². The molecule has 0 aromatic heterocycles. The topological polar surface area (TPSA) is 38.3 Å². The molecule has 0 bridgehead atoms. The van der Waals surface area contributed by atoms with Crippen LogP contribution in [0.2, 0.25) is 0 Å². The summed E-state index contributed by atoms with van der Waals surface area (Å²) in [5, 5.41) is 3.02. The lowest BCUT2D eigenvalue weighted by Crippen LogP contribution is -2.32. The van der Waals surface area contributed by atoms with Crippen molar-refractivity contribution >= 4 is 5.91 Å². The Hall–Kier alpha value is -2.29. The van der Waals surface area contributed by atoms with E-state index in [9.17, 15) is 4.79 Å². The van der Waals surface area contributed by atoms with E-state index in [-0.39, 0.29) is 18.6 Å². The average molecular weight is 297 g/mol. The number of hydrogen-bond acceptors (Lipinski definition) is 2. The first-order valence-electron chi connectivity index (χ1n) is 7.64. The van der Waals surface area contributed by atoms with E-state index in [0.29, 0.717) is 5.75 Å². The molecule has 116 valence electrons. The molecule has 0 heterocycles. The Kier molecular flexibility index (Phi) is 5.59. The van der Waals surface area contributed by atoms with Crippen molar-refractivity contribution in [2.45, 2.75) is 33.2 Å². The summed E-state index contributed by atoms with van der Waals surface area (Å²) in [5.41, 5.74) is 3.51. The van der Waals surface area contributed by atoms with Gasteiger partial charge in [0.05, 0.1) is 6.04 Å². The Balaban J connectivity index is 1.89. The summed E-state index contributed by atoms with van der Waals surface area (Å²) < 4.78 is 5.51. The quantitative estimate of drug-likeness (QED) is 0.876. The normalized spacial score (nSPS) is 11.8. The van der Waals surface area contributed by atoms with Gasteiger partial charge in [0, 0.05) is 0 Å². The zero-order chi connectivity index (χ0) is 15.9. The highest BCUT2D eigenvalue weighted by atomic mass is 16.5. The van der Waals surface area contributed by atoms with Crippen molar-refractivity contribution in [2.75, 3.05) is 6.61 Å². The lowest BCUT2D eigenvalue weighted by atomic mass is 10.0. The molecule has 0 aliphatic rings. The molecule has 0 spiro atoms. The molecule has 0 saturated heterocycles. The summed E-state index contributed by atoms with van der Waals surface area (Å²) in [6.45, 7) is 6.17. The molecular weight excluding hydrogens is 274 g/mol. The van der Waals surface area contributed by atoms with Gasteiger partial charge in [0.2, 0.25) is 0 Å². The van der Waals surface area contributed by atoms with Crippen LogP contribution in [-0.2, 0) is 4.79 Å². The molecule has 1 atom stereocenters. The maximum absolute atomic E-state index is 12.1. The second kappa shape index (κ2) is 7.64. The van der Waals surface area contributed by atoms with E-state index in [1.807, 2.05) is 31.2 Å². The zero-order valence-electron chi connectivity index (χ0n) is 13.4. The van der Waals surface area contributed by atoms with Gasteiger partial charge in [-0.25, -0.2) is 0 Å². The number of amides is 1. The third kappa shape index (κ3) is 4.62. The van der Waals surface area contributed by atoms with Crippen LogP contribution in [0.5, 0.6) is 5.75 Å². The fourth-order valence-electron chi connectivity index (χ4n) is 2.24. The van der Waals surface area contributed by atoms with Crippen molar-refractivity contribution in [3.8, 4) is 5.75 Å². The molecule has 0 unspecified atom stereocenters. The predicted molar refractivity (Wildman–Crippen MR) is 89.0 cm³/mol. The Bertz CT molecular complexity index is 602. The van der Waals surface area contributed by atoms with E-state index in [2.05, 4.69) is 43.4 Å². The van der Waals surface area contributed by atoms with Gasteiger partial charge in [-0.3, -0.25) is 4.79 Å². The summed E-state index contributed by atoms with van der Waals surface area (Å²) in [6, 6.07) is 16.0. The number of aryl methyl sites for hydroxylation is 2. The van der Waals surface area contributed by atoms with Crippen LogP contribution in [0.4, 0.5) is 0 Å². The van der Waals surface area contributed by atoms with Crippen molar-refractivity contribution in [3.63, 3.8) is 0 Å². The van der Waals surface area contributed by atoms with Gasteiger partial charge < -0.3 is 10.1 Å². The number of ether oxygens (including phenoxy) is 1. The van der Waals surface area contributed by atoms with Crippen molar-refractivity contribution in [3.05, 3.63) is 65.2 Å². The van der Waals surface area contributed by atoms with Crippen LogP contribution >= 0.6 is 0 Å². The lowest BCUT2D eigenvalue weighted by molar-refractivity contribution is -0.123. The Morgan fingerprint density at radius 2 is 1.55 bits per heavy atom. The van der Waals surface area contributed by atoms with Crippen LogP contribution in [0.25, 0.3) is 0 Å². The standard InChI is InChI=1S/C19H23NO2/c1-4-18(16-9-5-14(2)6-10-16)20-19(21)13-22-17-11-7-15(3)8-12-17/h5-12,18H,4,13H2,1-3H3,(H,20,21)/t18-/m1/s1. The molecule has 0 aliphatic carbocycles. The third-order valence-corrected chi connectivity index (χ3v) is 3.61. The minimum Gasteiger partial charge on any atom is -0.484 e. The number of carbonyl (C=O) groups excluding carboxylic acids is 1. The molecule has 3 nitrogen and oxygen atoms in total. The number of nitrogens with one attached hydrogen (secondary N) is 1. The summed E-state index contributed by atoms with van der Waals surface area (Å²) in [4.78, 5) is 12.1. The first kappa shape index (κ1) is 16.1. The maximum atomic E-state index is 12.1. The molecule has 22 heavy (non-hydrogen) atoms. The van der Waals surface area contributed by atoms with Gasteiger partial charge in [-0.15, -0.1) is 0 Å². The highest BCUT2D eigenvalue weighted by molar-refractivity contribution is 5.78. The van der Waals surface area contributed by atoms with Crippen LogP contribution in [0.1, 0.15) is 36.1 Å². The molecule has 0 fully saturated rings. The van der Waals surface area contributed by atoms with E-state index in [0.717, 1.165) is 12.0 Å². The number of benzene rings is 2. The van der Waals surface area contributed by atoms with Crippen LogP contribution < -0.4 is 10.1 Å². The second-order valence-corrected chi connectivity index (χ2v) is 5.54. The van der Waals surface area contributed by atoms with E-state index in [4.69, 9.17) is 4.74 Å². The maximum Gasteiger partial charge on any atom is 0.258 e. The van der Waals surface area contributed by atoms with Gasteiger partial charge in [-0.05, 0) is 38.0 Å². The van der Waals surface area contributed by atoms with Gasteiger partial charge in [-0.1, -0.05) is 54.4 Å². The first-order valence-corrected chi connectivity index (χ1v) is 7.64. The van der Waals surface area contributed by atoms with Crippen molar-refractivity contribution in [2.24, 2.45) is 0 Å². The van der Waals surface area contributed by atoms with Crippen LogP contribution in [0, 0.1) is 13.8 Å². The Labute approximate surface area is 132 Å². The molecule has 3 heteroatoms. The van der Waals surface area contributed by atoms with E-state index in [1.54, 1.807) is 0 Å². The van der Waals surface area contributed by atoms with Crippen LogP contribution in [-0.4, -0.2) is 12.5 Å². The molecule has 2 aromatic rings. The van der Waals surface area contributed by atoms with Gasteiger partial charge in [-0.2, -0.15) is 0 Å². The SMILES string of the molecule is CC[C@@H](NC(=O)COc1ccc(C)cc1)c1ccc(C)cc1. The summed E-state index contributed by atoms with van der Waals surface area (Å²) in [5.74, 6) is 0.608.